The van der Waals surface area contributed by atoms with Crippen LogP contribution in [0.4, 0.5) is 17.6 Å². The van der Waals surface area contributed by atoms with Crippen molar-refractivity contribution in [3.05, 3.63) is 0 Å². The van der Waals surface area contributed by atoms with E-state index in [0.29, 0.717) is 0 Å². The molecule has 1 rings (SSSR count). The molecule has 1 fully saturated rings. The first-order valence-corrected chi connectivity index (χ1v) is 3.07. The van der Waals surface area contributed by atoms with E-state index >= 15 is 0 Å². The Hall–Kier alpha value is -0.280. The van der Waals surface area contributed by atoms with Crippen LogP contribution >= 0.6 is 0 Å². The molecule has 0 radical (unpaired) electrons. The predicted octanol–water partition coefficient (Wildman–Crippen LogP) is 2.69. The lowest BCUT2D eigenvalue weighted by atomic mass is 10.1. The molecule has 0 amide bonds. The van der Waals surface area contributed by atoms with Crippen molar-refractivity contribution in [1.82, 2.24) is 0 Å². The van der Waals surface area contributed by atoms with Crippen LogP contribution in [-0.4, -0.2) is 11.8 Å². The molecule has 1 aliphatic rings. The minimum atomic E-state index is -3.78. The minimum absolute atomic E-state index is 0.188. The van der Waals surface area contributed by atoms with Gasteiger partial charge in [-0.2, -0.15) is 17.6 Å². The largest absolute Gasteiger partial charge is 0.322 e. The lowest BCUT2D eigenvalue weighted by molar-refractivity contribution is -0.0278. The molecule has 0 bridgehead atoms. The van der Waals surface area contributed by atoms with Crippen LogP contribution in [0.1, 0.15) is 20.3 Å². The van der Waals surface area contributed by atoms with E-state index in [1.165, 1.54) is 6.92 Å². The van der Waals surface area contributed by atoms with E-state index in [4.69, 9.17) is 0 Å². The van der Waals surface area contributed by atoms with Gasteiger partial charge in [-0.15, -0.1) is 0 Å². The molecule has 0 atom stereocenters. The average Bonchev–Trinajstić information content (AvgIpc) is 2.11. The highest BCUT2D eigenvalue weighted by Crippen LogP contribution is 2.73. The highest BCUT2D eigenvalue weighted by Gasteiger charge is 2.92. The summed E-state index contributed by atoms with van der Waals surface area (Å²) in [5.74, 6) is -7.57. The second kappa shape index (κ2) is 1.48. The second-order valence-electron chi connectivity index (χ2n) is 2.83. The first-order chi connectivity index (χ1) is 4.31. The molecule has 0 saturated heterocycles. The van der Waals surface area contributed by atoms with Gasteiger partial charge in [-0.3, -0.25) is 0 Å². The van der Waals surface area contributed by atoms with Crippen molar-refractivity contribution in [1.29, 1.82) is 0 Å². The molecule has 0 aromatic carbocycles. The van der Waals surface area contributed by atoms with E-state index in [1.807, 2.05) is 0 Å². The van der Waals surface area contributed by atoms with Crippen LogP contribution in [0.15, 0.2) is 0 Å². The van der Waals surface area contributed by atoms with Gasteiger partial charge in [-0.1, -0.05) is 6.92 Å². The molecule has 0 spiro atoms. The fourth-order valence-electron chi connectivity index (χ4n) is 1.04. The summed E-state index contributed by atoms with van der Waals surface area (Å²) >= 11 is 0. The first-order valence-electron chi connectivity index (χ1n) is 3.07. The fraction of sp³-hybridized carbons (Fsp3) is 1.00. The Kier molecular flexibility index (Phi) is 1.16. The summed E-state index contributed by atoms with van der Waals surface area (Å²) in [6.45, 7) is 2.25. The molecule has 60 valence electrons. The standard InChI is InChI=1S/C6H8F4/c1-3-4(2)5(7,8)6(4,9)10/h3H2,1-2H3. The first kappa shape index (κ1) is 7.82. The normalized spacial score (nSPS) is 31.8. The topological polar surface area (TPSA) is 0 Å². The Bertz CT molecular complexity index is 147. The molecule has 1 aliphatic carbocycles. The smallest absolute Gasteiger partial charge is 0.199 e. The van der Waals surface area contributed by atoms with E-state index in [2.05, 4.69) is 0 Å². The number of halogens is 4. The summed E-state index contributed by atoms with van der Waals surface area (Å²) in [5.41, 5.74) is -2.08. The Balaban J connectivity index is 2.90. The highest BCUT2D eigenvalue weighted by atomic mass is 19.3. The predicted molar refractivity (Wildman–Crippen MR) is 28.3 cm³/mol. The lowest BCUT2D eigenvalue weighted by Crippen LogP contribution is -2.03. The van der Waals surface area contributed by atoms with Crippen LogP contribution in [-0.2, 0) is 0 Å². The zero-order chi connectivity index (χ0) is 8.21. The van der Waals surface area contributed by atoms with Crippen LogP contribution in [0, 0.1) is 5.41 Å². The van der Waals surface area contributed by atoms with Gasteiger partial charge in [0.25, 0.3) is 0 Å². The molecule has 1 saturated carbocycles. The van der Waals surface area contributed by atoms with Gasteiger partial charge >= 0.3 is 11.8 Å². The van der Waals surface area contributed by atoms with E-state index in [1.54, 1.807) is 0 Å². The number of rotatable bonds is 1. The maximum Gasteiger partial charge on any atom is 0.322 e. The maximum atomic E-state index is 12.2. The van der Waals surface area contributed by atoms with Crippen molar-refractivity contribution < 1.29 is 17.6 Å². The maximum absolute atomic E-state index is 12.2. The van der Waals surface area contributed by atoms with Crippen LogP contribution < -0.4 is 0 Å². The molecule has 0 aromatic rings. The zero-order valence-electron chi connectivity index (χ0n) is 5.72. The average molecular weight is 156 g/mol. The van der Waals surface area contributed by atoms with Crippen molar-refractivity contribution >= 4 is 0 Å². The Morgan fingerprint density at radius 3 is 1.30 bits per heavy atom. The van der Waals surface area contributed by atoms with Crippen molar-refractivity contribution in [2.24, 2.45) is 5.41 Å². The molecular formula is C6H8F4. The molecule has 0 N–H and O–H groups in total. The van der Waals surface area contributed by atoms with Crippen LogP contribution in [0.5, 0.6) is 0 Å². The van der Waals surface area contributed by atoms with Gasteiger partial charge in [0, 0.05) is 0 Å². The Labute approximate surface area is 56.2 Å². The van der Waals surface area contributed by atoms with E-state index < -0.39 is 17.3 Å². The summed E-state index contributed by atoms with van der Waals surface area (Å²) in [6.07, 6.45) is -0.188. The summed E-state index contributed by atoms with van der Waals surface area (Å²) < 4.78 is 48.8. The van der Waals surface area contributed by atoms with Gasteiger partial charge in [0.05, 0.1) is 0 Å². The second-order valence-corrected chi connectivity index (χ2v) is 2.83. The third-order valence-electron chi connectivity index (χ3n) is 2.42. The van der Waals surface area contributed by atoms with Crippen LogP contribution in [0.25, 0.3) is 0 Å². The summed E-state index contributed by atoms with van der Waals surface area (Å²) in [7, 11) is 0. The van der Waals surface area contributed by atoms with Gasteiger partial charge in [0.15, 0.2) is 0 Å². The molecule has 0 aliphatic heterocycles. The molecule has 0 unspecified atom stereocenters. The molecule has 0 nitrogen and oxygen atoms in total. The van der Waals surface area contributed by atoms with Gasteiger partial charge in [-0.25, -0.2) is 0 Å². The lowest BCUT2D eigenvalue weighted by Gasteiger charge is -2.00. The van der Waals surface area contributed by atoms with Crippen molar-refractivity contribution in [2.45, 2.75) is 32.1 Å². The third-order valence-corrected chi connectivity index (χ3v) is 2.42. The van der Waals surface area contributed by atoms with Gasteiger partial charge in [0.1, 0.15) is 5.41 Å². The third kappa shape index (κ3) is 0.454. The van der Waals surface area contributed by atoms with Crippen LogP contribution in [0.3, 0.4) is 0 Å². The molecular weight excluding hydrogens is 148 g/mol. The summed E-state index contributed by atoms with van der Waals surface area (Å²) in [4.78, 5) is 0. The minimum Gasteiger partial charge on any atom is -0.199 e. The summed E-state index contributed by atoms with van der Waals surface area (Å²) in [5, 5.41) is 0. The van der Waals surface area contributed by atoms with Crippen molar-refractivity contribution in [3.63, 3.8) is 0 Å². The summed E-state index contributed by atoms with van der Waals surface area (Å²) in [6, 6.07) is 0. The van der Waals surface area contributed by atoms with Gasteiger partial charge < -0.3 is 0 Å². The molecule has 0 heterocycles. The van der Waals surface area contributed by atoms with Gasteiger partial charge in [0.2, 0.25) is 0 Å². The zero-order valence-corrected chi connectivity index (χ0v) is 5.72. The SMILES string of the molecule is CCC1(C)C(F)(F)C1(F)F. The fourth-order valence-corrected chi connectivity index (χ4v) is 1.04. The van der Waals surface area contributed by atoms with Crippen molar-refractivity contribution in [2.75, 3.05) is 0 Å². The number of hydrogen-bond donors (Lipinski definition) is 0. The monoisotopic (exact) mass is 156 g/mol. The Morgan fingerprint density at radius 2 is 1.30 bits per heavy atom. The highest BCUT2D eigenvalue weighted by molar-refractivity contribution is 5.22. The molecule has 4 heteroatoms. The van der Waals surface area contributed by atoms with Gasteiger partial charge in [-0.05, 0) is 13.3 Å². The van der Waals surface area contributed by atoms with Crippen LogP contribution in [0.2, 0.25) is 0 Å². The quantitative estimate of drug-likeness (QED) is 0.512. The van der Waals surface area contributed by atoms with E-state index in [9.17, 15) is 17.6 Å². The number of alkyl halides is 4. The van der Waals surface area contributed by atoms with E-state index in [-0.39, 0.29) is 6.42 Å². The number of hydrogen-bond acceptors (Lipinski definition) is 0. The van der Waals surface area contributed by atoms with E-state index in [0.717, 1.165) is 6.92 Å². The molecule has 0 aromatic heterocycles. The molecule has 10 heavy (non-hydrogen) atoms. The van der Waals surface area contributed by atoms with Crippen molar-refractivity contribution in [3.8, 4) is 0 Å². The Morgan fingerprint density at radius 1 is 1.00 bits per heavy atom.